The third-order valence-corrected chi connectivity index (χ3v) is 4.96. The van der Waals surface area contributed by atoms with Gasteiger partial charge in [0.1, 0.15) is 12.5 Å². The van der Waals surface area contributed by atoms with Crippen LogP contribution in [0.25, 0.3) is 0 Å². The van der Waals surface area contributed by atoms with Crippen LogP contribution >= 0.6 is 11.6 Å². The van der Waals surface area contributed by atoms with Crippen molar-refractivity contribution in [2.24, 2.45) is 0 Å². The van der Waals surface area contributed by atoms with Crippen molar-refractivity contribution in [1.82, 2.24) is 10.3 Å². The first-order valence-corrected chi connectivity index (χ1v) is 8.27. The van der Waals surface area contributed by atoms with Crippen molar-refractivity contribution in [3.63, 3.8) is 0 Å². The van der Waals surface area contributed by atoms with Crippen LogP contribution in [0.3, 0.4) is 0 Å². The predicted molar refractivity (Wildman–Crippen MR) is 87.7 cm³/mol. The minimum atomic E-state index is -0.299. The molecule has 0 saturated carbocycles. The first-order valence-electron chi connectivity index (χ1n) is 7.89. The zero-order valence-corrected chi connectivity index (χ0v) is 13.3. The van der Waals surface area contributed by atoms with E-state index in [9.17, 15) is 4.79 Å². The van der Waals surface area contributed by atoms with Gasteiger partial charge in [0.25, 0.3) is 0 Å². The molecule has 0 unspecified atom stereocenters. The van der Waals surface area contributed by atoms with Gasteiger partial charge in [-0.05, 0) is 42.5 Å². The first-order chi connectivity index (χ1) is 11.2. The molecule has 0 fully saturated rings. The molecule has 2 atom stereocenters. The Morgan fingerprint density at radius 1 is 1.30 bits per heavy atom. The van der Waals surface area contributed by atoms with Gasteiger partial charge in [-0.15, -0.1) is 0 Å². The van der Waals surface area contributed by atoms with Crippen LogP contribution in [-0.2, 0) is 11.2 Å². The molecule has 5 heteroatoms. The number of fused-ring (bicyclic) bond motifs is 2. The number of halogens is 1. The number of aryl methyl sites for hydroxylation is 1. The summed E-state index contributed by atoms with van der Waals surface area (Å²) < 4.78 is 5.52. The predicted octanol–water partition coefficient (Wildman–Crippen LogP) is 3.40. The molecule has 4 rings (SSSR count). The number of rotatable bonds is 2. The number of pyridine rings is 1. The fourth-order valence-electron chi connectivity index (χ4n) is 3.51. The molecule has 2 aromatic rings. The van der Waals surface area contributed by atoms with E-state index < -0.39 is 0 Å². The molecule has 4 nitrogen and oxygen atoms in total. The second-order valence-electron chi connectivity index (χ2n) is 6.03. The molecule has 1 aliphatic carbocycles. The van der Waals surface area contributed by atoms with Crippen molar-refractivity contribution in [2.75, 3.05) is 6.61 Å². The maximum absolute atomic E-state index is 12.7. The van der Waals surface area contributed by atoms with Crippen molar-refractivity contribution in [3.8, 4) is 5.88 Å². The minimum Gasteiger partial charge on any atom is -0.476 e. The van der Waals surface area contributed by atoms with Gasteiger partial charge < -0.3 is 10.1 Å². The molecule has 1 aliphatic heterocycles. The van der Waals surface area contributed by atoms with Crippen LogP contribution in [0.15, 0.2) is 36.5 Å². The third-order valence-electron chi connectivity index (χ3n) is 4.63. The van der Waals surface area contributed by atoms with Crippen LogP contribution in [0.5, 0.6) is 5.88 Å². The van der Waals surface area contributed by atoms with Crippen LogP contribution in [0.2, 0.25) is 5.02 Å². The molecule has 0 radical (unpaired) electrons. The van der Waals surface area contributed by atoms with Crippen molar-refractivity contribution >= 4 is 17.5 Å². The molecule has 1 N–H and O–H groups in total. The third kappa shape index (κ3) is 2.57. The molecule has 0 saturated heterocycles. The Balaban J connectivity index is 1.57. The van der Waals surface area contributed by atoms with Crippen molar-refractivity contribution in [3.05, 3.63) is 58.2 Å². The Labute approximate surface area is 139 Å². The highest BCUT2D eigenvalue weighted by molar-refractivity contribution is 6.31. The van der Waals surface area contributed by atoms with Gasteiger partial charge >= 0.3 is 0 Å². The van der Waals surface area contributed by atoms with Crippen LogP contribution in [0.4, 0.5) is 0 Å². The zero-order chi connectivity index (χ0) is 15.8. The van der Waals surface area contributed by atoms with Crippen LogP contribution < -0.4 is 10.1 Å². The summed E-state index contributed by atoms with van der Waals surface area (Å²) in [5.41, 5.74) is 3.16. The number of hydrogen-bond donors (Lipinski definition) is 1. The SMILES string of the molecule is O=C(N[C@@H]1CCCc2cccc(Cl)c21)[C@H]1COc2ncccc21. The van der Waals surface area contributed by atoms with Gasteiger partial charge in [-0.1, -0.05) is 29.8 Å². The summed E-state index contributed by atoms with van der Waals surface area (Å²) in [6.45, 7) is 0.347. The zero-order valence-electron chi connectivity index (χ0n) is 12.6. The standard InChI is InChI=1S/C18H17ClN2O2/c19-14-7-1-4-11-5-2-8-15(16(11)14)21-17(22)13-10-23-18-12(13)6-3-9-20-18/h1,3-4,6-7,9,13,15H,2,5,8,10H2,(H,21,22)/t13-,15+/m0/s1. The summed E-state index contributed by atoms with van der Waals surface area (Å²) in [6.07, 6.45) is 4.66. The van der Waals surface area contributed by atoms with Crippen LogP contribution in [0, 0.1) is 0 Å². The topological polar surface area (TPSA) is 51.2 Å². The average molecular weight is 329 g/mol. The van der Waals surface area contributed by atoms with Crippen molar-refractivity contribution < 1.29 is 9.53 Å². The number of nitrogens with one attached hydrogen (secondary N) is 1. The Morgan fingerprint density at radius 2 is 2.22 bits per heavy atom. The second-order valence-corrected chi connectivity index (χ2v) is 6.43. The molecule has 1 aromatic carbocycles. The average Bonchev–Trinajstić information content (AvgIpc) is 2.99. The maximum atomic E-state index is 12.7. The Bertz CT molecular complexity index is 762. The fourth-order valence-corrected chi connectivity index (χ4v) is 3.83. The Morgan fingerprint density at radius 3 is 3.13 bits per heavy atom. The molecule has 2 aliphatic rings. The van der Waals surface area contributed by atoms with Gasteiger partial charge in [-0.3, -0.25) is 4.79 Å². The lowest BCUT2D eigenvalue weighted by Crippen LogP contribution is -2.35. The van der Waals surface area contributed by atoms with E-state index in [0.29, 0.717) is 12.5 Å². The highest BCUT2D eigenvalue weighted by Gasteiger charge is 2.33. The quantitative estimate of drug-likeness (QED) is 0.919. The van der Waals surface area contributed by atoms with E-state index in [2.05, 4.69) is 16.4 Å². The van der Waals surface area contributed by atoms with Gasteiger partial charge in [-0.2, -0.15) is 0 Å². The van der Waals surface area contributed by atoms with Gasteiger partial charge in [0.2, 0.25) is 11.8 Å². The number of hydrogen-bond acceptors (Lipinski definition) is 3. The summed E-state index contributed by atoms with van der Waals surface area (Å²) in [5.74, 6) is 0.246. The Kier molecular flexibility index (Phi) is 3.69. The number of carbonyl (C=O) groups is 1. The summed E-state index contributed by atoms with van der Waals surface area (Å²) >= 11 is 6.38. The largest absolute Gasteiger partial charge is 0.476 e. The number of aromatic nitrogens is 1. The molecule has 0 bridgehead atoms. The number of benzene rings is 1. The van der Waals surface area contributed by atoms with E-state index in [1.54, 1.807) is 6.20 Å². The highest BCUT2D eigenvalue weighted by atomic mass is 35.5. The second kappa shape index (κ2) is 5.85. The van der Waals surface area contributed by atoms with E-state index in [4.69, 9.17) is 16.3 Å². The molecular weight excluding hydrogens is 312 g/mol. The lowest BCUT2D eigenvalue weighted by Gasteiger charge is -2.28. The van der Waals surface area contributed by atoms with Gasteiger partial charge in [0.05, 0.1) is 6.04 Å². The molecule has 2 heterocycles. The Hall–Kier alpha value is -2.07. The molecule has 23 heavy (non-hydrogen) atoms. The summed E-state index contributed by atoms with van der Waals surface area (Å²) in [7, 11) is 0. The fraction of sp³-hybridized carbons (Fsp3) is 0.333. The molecule has 0 spiro atoms. The van der Waals surface area contributed by atoms with Crippen LogP contribution in [-0.4, -0.2) is 17.5 Å². The smallest absolute Gasteiger partial charge is 0.231 e. The molecule has 1 amide bonds. The number of nitrogens with zero attached hydrogens (tertiary/aromatic N) is 1. The van der Waals surface area contributed by atoms with Crippen molar-refractivity contribution in [1.29, 1.82) is 0 Å². The van der Waals surface area contributed by atoms with E-state index in [-0.39, 0.29) is 17.9 Å². The highest BCUT2D eigenvalue weighted by Crippen LogP contribution is 2.37. The van der Waals surface area contributed by atoms with E-state index in [0.717, 1.165) is 35.4 Å². The molecular formula is C18H17ClN2O2. The molecule has 118 valence electrons. The lowest BCUT2D eigenvalue weighted by atomic mass is 9.87. The normalized spacial score (nSPS) is 22.0. The minimum absolute atomic E-state index is 0.0190. The van der Waals surface area contributed by atoms with E-state index >= 15 is 0 Å². The number of ether oxygens (including phenoxy) is 1. The lowest BCUT2D eigenvalue weighted by molar-refractivity contribution is -0.123. The van der Waals surface area contributed by atoms with Gasteiger partial charge in [0, 0.05) is 16.8 Å². The summed E-state index contributed by atoms with van der Waals surface area (Å²) in [5, 5.41) is 3.90. The summed E-state index contributed by atoms with van der Waals surface area (Å²) in [4.78, 5) is 16.9. The van der Waals surface area contributed by atoms with Crippen molar-refractivity contribution in [2.45, 2.75) is 31.2 Å². The summed E-state index contributed by atoms with van der Waals surface area (Å²) in [6, 6.07) is 9.67. The van der Waals surface area contributed by atoms with E-state index in [1.807, 2.05) is 24.3 Å². The van der Waals surface area contributed by atoms with Crippen LogP contribution in [0.1, 0.15) is 41.5 Å². The number of carbonyl (C=O) groups excluding carboxylic acids is 1. The van der Waals surface area contributed by atoms with E-state index in [1.165, 1.54) is 5.56 Å². The molecule has 1 aromatic heterocycles. The first kappa shape index (κ1) is 14.5. The monoisotopic (exact) mass is 328 g/mol. The van der Waals surface area contributed by atoms with Gasteiger partial charge in [-0.25, -0.2) is 4.98 Å². The van der Waals surface area contributed by atoms with Gasteiger partial charge in [0.15, 0.2) is 0 Å². The maximum Gasteiger partial charge on any atom is 0.231 e. The number of amides is 1.